The summed E-state index contributed by atoms with van der Waals surface area (Å²) in [4.78, 5) is 13.0. The summed E-state index contributed by atoms with van der Waals surface area (Å²) in [5.74, 6) is 0.305. The molecule has 168 valence electrons. The van der Waals surface area contributed by atoms with Crippen molar-refractivity contribution in [2.45, 2.75) is 31.1 Å². The third-order valence-corrected chi connectivity index (χ3v) is 8.29. The van der Waals surface area contributed by atoms with Gasteiger partial charge >= 0.3 is 0 Å². The number of rotatable bonds is 6. The van der Waals surface area contributed by atoms with Crippen LogP contribution in [0.5, 0.6) is 5.75 Å². The van der Waals surface area contributed by atoms with Crippen LogP contribution in [0.4, 0.5) is 5.13 Å². The number of sulfonamides is 1. The first-order valence-electron chi connectivity index (χ1n) is 10.3. The summed E-state index contributed by atoms with van der Waals surface area (Å²) in [5.41, 5.74) is 1.73. The van der Waals surface area contributed by atoms with E-state index < -0.39 is 15.9 Å². The maximum atomic E-state index is 13.1. The van der Waals surface area contributed by atoms with E-state index >= 15 is 0 Å². The normalized spacial score (nSPS) is 14.8. The summed E-state index contributed by atoms with van der Waals surface area (Å²) in [6.45, 7) is 2.76. The fourth-order valence-electron chi connectivity index (χ4n) is 3.56. The molecule has 4 rings (SSSR count). The van der Waals surface area contributed by atoms with E-state index in [2.05, 4.69) is 15.5 Å². The number of methoxy groups -OCH3 is 1. The summed E-state index contributed by atoms with van der Waals surface area (Å²) in [6, 6.07) is 12.1. The Morgan fingerprint density at radius 1 is 1.06 bits per heavy atom. The number of nitrogens with zero attached hydrogens (tertiary/aromatic N) is 3. The van der Waals surface area contributed by atoms with Gasteiger partial charge in [-0.15, -0.1) is 10.2 Å². The van der Waals surface area contributed by atoms with Gasteiger partial charge in [0.05, 0.1) is 12.0 Å². The zero-order valence-electron chi connectivity index (χ0n) is 17.9. The molecule has 1 saturated heterocycles. The van der Waals surface area contributed by atoms with E-state index in [0.29, 0.717) is 28.8 Å². The minimum atomic E-state index is -3.64. The van der Waals surface area contributed by atoms with Crippen LogP contribution in [0, 0.1) is 6.92 Å². The highest BCUT2D eigenvalue weighted by Crippen LogP contribution is 2.29. The molecule has 0 radical (unpaired) electrons. The summed E-state index contributed by atoms with van der Waals surface area (Å²) >= 11 is 1.24. The number of nitrogens with one attached hydrogen (secondary N) is 1. The van der Waals surface area contributed by atoms with Gasteiger partial charge < -0.3 is 4.74 Å². The van der Waals surface area contributed by atoms with Gasteiger partial charge in [0, 0.05) is 24.2 Å². The number of anilines is 1. The molecule has 1 aliphatic rings. The highest BCUT2D eigenvalue weighted by molar-refractivity contribution is 7.89. The Hall–Kier alpha value is -2.82. The third kappa shape index (κ3) is 4.67. The van der Waals surface area contributed by atoms with Gasteiger partial charge in [0.15, 0.2) is 0 Å². The fraction of sp³-hybridized carbons (Fsp3) is 0.318. The molecule has 1 N–H and O–H groups in total. The topological polar surface area (TPSA) is 101 Å². The van der Waals surface area contributed by atoms with Crippen LogP contribution in [0.2, 0.25) is 0 Å². The van der Waals surface area contributed by atoms with E-state index in [1.165, 1.54) is 21.7 Å². The van der Waals surface area contributed by atoms with Crippen molar-refractivity contribution in [2.24, 2.45) is 0 Å². The number of hydrogen-bond acceptors (Lipinski definition) is 7. The van der Waals surface area contributed by atoms with Crippen molar-refractivity contribution in [3.05, 3.63) is 53.6 Å². The lowest BCUT2D eigenvalue weighted by Crippen LogP contribution is -2.36. The van der Waals surface area contributed by atoms with E-state index in [1.54, 1.807) is 26.2 Å². The smallest absolute Gasteiger partial charge is 0.257 e. The molecule has 8 nitrogen and oxygen atoms in total. The van der Waals surface area contributed by atoms with Crippen LogP contribution < -0.4 is 10.1 Å². The number of carbonyl (C=O) groups excluding carboxylic acids is 1. The van der Waals surface area contributed by atoms with Crippen LogP contribution >= 0.6 is 11.3 Å². The average molecular weight is 473 g/mol. The van der Waals surface area contributed by atoms with Crippen molar-refractivity contribution in [3.63, 3.8) is 0 Å². The maximum absolute atomic E-state index is 13.1. The van der Waals surface area contributed by atoms with E-state index in [-0.39, 0.29) is 10.5 Å². The number of aryl methyl sites for hydroxylation is 1. The van der Waals surface area contributed by atoms with Crippen LogP contribution in [-0.4, -0.2) is 49.0 Å². The van der Waals surface area contributed by atoms with Gasteiger partial charge in [0.25, 0.3) is 5.91 Å². The minimum Gasteiger partial charge on any atom is -0.497 e. The SMILES string of the molecule is COc1ccc(-c2nnc(NC(=O)c3ccc(C)c(S(=O)(=O)N4CCCCC4)c3)s2)cc1. The molecule has 0 atom stereocenters. The van der Waals surface area contributed by atoms with Gasteiger partial charge in [0.1, 0.15) is 10.8 Å². The first kappa shape index (κ1) is 22.4. The van der Waals surface area contributed by atoms with Crippen LogP contribution in [0.3, 0.4) is 0 Å². The molecule has 1 amide bonds. The summed E-state index contributed by atoms with van der Waals surface area (Å²) in [5, 5.41) is 11.9. The average Bonchev–Trinajstić information content (AvgIpc) is 3.28. The van der Waals surface area contributed by atoms with Gasteiger partial charge in [-0.1, -0.05) is 23.8 Å². The maximum Gasteiger partial charge on any atom is 0.257 e. The lowest BCUT2D eigenvalue weighted by Gasteiger charge is -2.26. The van der Waals surface area contributed by atoms with Crippen molar-refractivity contribution >= 4 is 32.4 Å². The fourth-order valence-corrected chi connectivity index (χ4v) is 6.07. The molecular weight excluding hydrogens is 448 g/mol. The Kier molecular flexibility index (Phi) is 6.54. The number of ether oxygens (including phenoxy) is 1. The second kappa shape index (κ2) is 9.35. The predicted octanol–water partition coefficient (Wildman–Crippen LogP) is 3.95. The number of hydrogen-bond donors (Lipinski definition) is 1. The van der Waals surface area contributed by atoms with Gasteiger partial charge in [-0.3, -0.25) is 10.1 Å². The molecule has 0 bridgehead atoms. The quantitative estimate of drug-likeness (QED) is 0.583. The molecular formula is C22H24N4O4S2. The molecule has 1 fully saturated rings. The summed E-state index contributed by atoms with van der Waals surface area (Å²) < 4.78 is 32.9. The van der Waals surface area contributed by atoms with Gasteiger partial charge in [-0.25, -0.2) is 8.42 Å². The summed E-state index contributed by atoms with van der Waals surface area (Å²) in [6.07, 6.45) is 2.74. The number of piperidine rings is 1. The van der Waals surface area contributed by atoms with Crippen molar-refractivity contribution in [1.29, 1.82) is 0 Å². The van der Waals surface area contributed by atoms with Gasteiger partial charge in [-0.05, 0) is 61.7 Å². The van der Waals surface area contributed by atoms with E-state index in [4.69, 9.17) is 4.74 Å². The Labute approximate surface area is 191 Å². The number of amides is 1. The van der Waals surface area contributed by atoms with Crippen molar-refractivity contribution in [1.82, 2.24) is 14.5 Å². The molecule has 32 heavy (non-hydrogen) atoms. The first-order chi connectivity index (χ1) is 15.4. The molecule has 10 heteroatoms. The highest BCUT2D eigenvalue weighted by atomic mass is 32.2. The second-order valence-electron chi connectivity index (χ2n) is 7.54. The van der Waals surface area contributed by atoms with E-state index in [1.807, 2.05) is 24.3 Å². The van der Waals surface area contributed by atoms with Crippen molar-refractivity contribution in [2.75, 3.05) is 25.5 Å². The largest absolute Gasteiger partial charge is 0.497 e. The van der Waals surface area contributed by atoms with Crippen LogP contribution in [0.15, 0.2) is 47.4 Å². The number of benzene rings is 2. The zero-order valence-corrected chi connectivity index (χ0v) is 19.5. The van der Waals surface area contributed by atoms with Crippen LogP contribution in [0.25, 0.3) is 10.6 Å². The third-order valence-electron chi connectivity index (χ3n) is 5.37. The molecule has 1 aromatic heterocycles. The molecule has 0 saturated carbocycles. The Morgan fingerprint density at radius 3 is 2.47 bits per heavy atom. The Bertz CT molecular complexity index is 1220. The molecule has 0 aliphatic carbocycles. The first-order valence-corrected chi connectivity index (χ1v) is 12.5. The molecule has 1 aliphatic heterocycles. The zero-order chi connectivity index (χ0) is 22.7. The molecule has 2 heterocycles. The van der Waals surface area contributed by atoms with Crippen LogP contribution in [0.1, 0.15) is 35.2 Å². The predicted molar refractivity (Wildman–Crippen MR) is 124 cm³/mol. The number of aromatic nitrogens is 2. The highest BCUT2D eigenvalue weighted by Gasteiger charge is 2.28. The van der Waals surface area contributed by atoms with Gasteiger partial charge in [-0.2, -0.15) is 4.31 Å². The Balaban J connectivity index is 1.53. The molecule has 2 aromatic carbocycles. The van der Waals surface area contributed by atoms with Crippen molar-refractivity contribution < 1.29 is 17.9 Å². The lowest BCUT2D eigenvalue weighted by molar-refractivity contribution is 0.102. The van der Waals surface area contributed by atoms with Gasteiger partial charge in [0.2, 0.25) is 15.2 Å². The number of carbonyl (C=O) groups is 1. The lowest BCUT2D eigenvalue weighted by atomic mass is 10.1. The minimum absolute atomic E-state index is 0.170. The molecule has 0 spiro atoms. The van der Waals surface area contributed by atoms with Crippen LogP contribution in [-0.2, 0) is 10.0 Å². The summed E-state index contributed by atoms with van der Waals surface area (Å²) in [7, 11) is -2.04. The molecule has 3 aromatic rings. The monoisotopic (exact) mass is 472 g/mol. The second-order valence-corrected chi connectivity index (χ2v) is 10.4. The Morgan fingerprint density at radius 2 is 1.78 bits per heavy atom. The molecule has 0 unspecified atom stereocenters. The standard InChI is InChI=1S/C22H24N4O4S2/c1-15-6-7-17(14-19(15)32(28,29)26-12-4-3-5-13-26)20(27)23-22-25-24-21(31-22)16-8-10-18(30-2)11-9-16/h6-11,14H,3-5,12-13H2,1-2H3,(H,23,25,27). The van der Waals surface area contributed by atoms with E-state index in [9.17, 15) is 13.2 Å². The van der Waals surface area contributed by atoms with Crippen molar-refractivity contribution in [3.8, 4) is 16.3 Å². The van der Waals surface area contributed by atoms with E-state index in [0.717, 1.165) is 30.6 Å².